The molecule has 1 aromatic carbocycles. The Hall–Kier alpha value is -1.91. The first-order valence-electron chi connectivity index (χ1n) is 8.15. The number of anilines is 1. The van der Waals surface area contributed by atoms with Crippen LogP contribution in [0, 0.1) is 5.92 Å². The summed E-state index contributed by atoms with van der Waals surface area (Å²) >= 11 is 0. The van der Waals surface area contributed by atoms with Crippen LogP contribution in [0.1, 0.15) is 43.2 Å². The summed E-state index contributed by atoms with van der Waals surface area (Å²) in [7, 11) is 0. The number of fused-ring (bicyclic) bond motifs is 1. The fraction of sp³-hybridized carbons (Fsp3) is 0.625. The maximum atomic E-state index is 10.2. The zero-order valence-electron chi connectivity index (χ0n) is 12.5. The number of piperidine rings is 1. The quantitative estimate of drug-likeness (QED) is 0.257. The Morgan fingerprint density at radius 1 is 1.36 bits per heavy atom. The predicted molar refractivity (Wildman–Crippen MR) is 84.6 cm³/mol. The molecular weight excluding hydrogens is 278 g/mol. The van der Waals surface area contributed by atoms with Crippen LogP contribution in [0.15, 0.2) is 17.4 Å². The van der Waals surface area contributed by atoms with Gasteiger partial charge in [0.25, 0.3) is 0 Å². The summed E-state index contributed by atoms with van der Waals surface area (Å²) in [5.74, 6) is 0.856. The van der Waals surface area contributed by atoms with E-state index in [1.807, 2.05) is 0 Å². The smallest absolute Gasteiger partial charge is 0.173 e. The summed E-state index contributed by atoms with van der Waals surface area (Å²) in [4.78, 5) is 2.76. The largest absolute Gasteiger partial charge is 0.504 e. The fourth-order valence-corrected chi connectivity index (χ4v) is 5.20. The molecule has 3 atom stereocenters. The third-order valence-corrected chi connectivity index (χ3v) is 6.02. The molecule has 6 nitrogen and oxygen atoms in total. The highest BCUT2D eigenvalue weighted by Gasteiger charge is 2.52. The van der Waals surface area contributed by atoms with Crippen LogP contribution in [0.25, 0.3) is 10.4 Å². The molecule has 1 aliphatic heterocycles. The number of azide groups is 1. The number of benzene rings is 1. The van der Waals surface area contributed by atoms with Gasteiger partial charge in [-0.15, -0.1) is 5.53 Å². The molecule has 0 radical (unpaired) electrons. The lowest BCUT2D eigenvalue weighted by Gasteiger charge is -2.56. The van der Waals surface area contributed by atoms with E-state index in [0.29, 0.717) is 17.6 Å². The molecule has 0 amide bonds. The molecule has 6 heteroatoms. The number of hydrogen-bond acceptors (Lipinski definition) is 3. The number of hydrogen-bond donors (Lipinski definition) is 3. The number of phenolic OH excluding ortho intramolecular Hbond substituents is 1. The molecule has 0 unspecified atom stereocenters. The van der Waals surface area contributed by atoms with Gasteiger partial charge in [0.05, 0.1) is 0 Å². The van der Waals surface area contributed by atoms with Crippen LogP contribution in [-0.2, 0) is 11.8 Å². The van der Waals surface area contributed by atoms with E-state index in [0.717, 1.165) is 24.9 Å². The highest BCUT2D eigenvalue weighted by Crippen LogP contribution is 2.55. The fourth-order valence-electron chi connectivity index (χ4n) is 5.20. The van der Waals surface area contributed by atoms with Gasteiger partial charge in [0, 0.05) is 17.0 Å². The van der Waals surface area contributed by atoms with Crippen molar-refractivity contribution in [2.45, 2.75) is 50.0 Å². The summed E-state index contributed by atoms with van der Waals surface area (Å²) in [6.07, 6.45) is 7.17. The highest BCUT2D eigenvalue weighted by atomic mass is 16.3. The molecule has 1 aromatic rings. The van der Waals surface area contributed by atoms with Gasteiger partial charge in [-0.3, -0.25) is 0 Å². The van der Waals surface area contributed by atoms with Gasteiger partial charge in [-0.25, -0.2) is 5.43 Å². The summed E-state index contributed by atoms with van der Waals surface area (Å²) in [5, 5.41) is 17.3. The zero-order valence-corrected chi connectivity index (χ0v) is 12.5. The number of nitrogens with one attached hydrogen (secondary N) is 2. The second-order valence-electron chi connectivity index (χ2n) is 6.81. The van der Waals surface area contributed by atoms with Crippen LogP contribution in [0.5, 0.6) is 5.75 Å². The molecule has 3 N–H and O–H groups in total. The van der Waals surface area contributed by atoms with Crippen molar-refractivity contribution in [3.8, 4) is 5.75 Å². The summed E-state index contributed by atoms with van der Waals surface area (Å²) in [5.41, 5.74) is 14.6. The standard InChI is InChI=1S/C16H21N5O/c17-20-21-19-15-10-9-13-12-3-1-2-6-16(12,7-8-18-13)11(10)4-5-14(15)22/h4-5,12-13,18-19,22H,1-3,6-9H2/t12-,13+,16-/m0/s1. The molecular formula is C16H21N5O. The highest BCUT2D eigenvalue weighted by molar-refractivity contribution is 5.66. The first-order chi connectivity index (χ1) is 10.8. The number of aromatic hydroxyl groups is 1. The molecule has 2 aliphatic carbocycles. The third-order valence-electron chi connectivity index (χ3n) is 6.02. The third kappa shape index (κ3) is 1.81. The Kier molecular flexibility index (Phi) is 3.17. The van der Waals surface area contributed by atoms with Crippen molar-refractivity contribution in [3.63, 3.8) is 0 Å². The van der Waals surface area contributed by atoms with Crippen molar-refractivity contribution in [1.82, 2.24) is 5.32 Å². The van der Waals surface area contributed by atoms with E-state index >= 15 is 0 Å². The molecule has 116 valence electrons. The first kappa shape index (κ1) is 13.7. The van der Waals surface area contributed by atoms with Gasteiger partial charge in [0.15, 0.2) is 11.4 Å². The topological polar surface area (TPSA) is 93.1 Å². The average molecular weight is 299 g/mol. The Labute approximate surface area is 129 Å². The maximum absolute atomic E-state index is 10.2. The van der Waals surface area contributed by atoms with Crippen LogP contribution in [0.4, 0.5) is 5.69 Å². The van der Waals surface area contributed by atoms with E-state index < -0.39 is 0 Å². The predicted octanol–water partition coefficient (Wildman–Crippen LogP) is 3.38. The van der Waals surface area contributed by atoms with Crippen LogP contribution in [-0.4, -0.2) is 17.7 Å². The lowest BCUT2D eigenvalue weighted by molar-refractivity contribution is 0.0799. The molecule has 3 aliphatic rings. The van der Waals surface area contributed by atoms with Crippen molar-refractivity contribution in [1.29, 1.82) is 0 Å². The van der Waals surface area contributed by atoms with Crippen LogP contribution in [0.2, 0.25) is 0 Å². The van der Waals surface area contributed by atoms with E-state index in [2.05, 4.69) is 26.9 Å². The minimum atomic E-state index is 0.162. The SMILES string of the molecule is [N-]=[N+]=NNc1c(O)ccc2c1C[C@H]1NCC[C@@]23CCCC[C@@H]13. The van der Waals surface area contributed by atoms with Crippen molar-refractivity contribution in [2.24, 2.45) is 11.1 Å². The van der Waals surface area contributed by atoms with Gasteiger partial charge in [-0.2, -0.15) is 4.91 Å². The monoisotopic (exact) mass is 299 g/mol. The van der Waals surface area contributed by atoms with Crippen LogP contribution < -0.4 is 10.7 Å². The van der Waals surface area contributed by atoms with Gasteiger partial charge in [0.1, 0.15) is 0 Å². The molecule has 2 fully saturated rings. The van der Waals surface area contributed by atoms with E-state index in [9.17, 15) is 5.11 Å². The van der Waals surface area contributed by atoms with Gasteiger partial charge in [0.2, 0.25) is 0 Å². The van der Waals surface area contributed by atoms with Crippen molar-refractivity contribution < 1.29 is 5.11 Å². The van der Waals surface area contributed by atoms with Crippen molar-refractivity contribution >= 4 is 5.69 Å². The second-order valence-corrected chi connectivity index (χ2v) is 6.81. The lowest BCUT2D eigenvalue weighted by Crippen LogP contribution is -2.59. The minimum Gasteiger partial charge on any atom is -0.504 e. The molecule has 4 rings (SSSR count). The maximum Gasteiger partial charge on any atom is 0.173 e. The molecule has 2 bridgehead atoms. The Morgan fingerprint density at radius 2 is 2.27 bits per heavy atom. The molecule has 0 spiro atoms. The Morgan fingerprint density at radius 3 is 3.14 bits per heavy atom. The van der Waals surface area contributed by atoms with E-state index in [1.54, 1.807) is 6.07 Å². The first-order valence-corrected chi connectivity index (χ1v) is 8.15. The van der Waals surface area contributed by atoms with Gasteiger partial charge in [-0.05, 0) is 55.0 Å². The van der Waals surface area contributed by atoms with E-state index in [-0.39, 0.29) is 11.2 Å². The van der Waals surface area contributed by atoms with Gasteiger partial charge >= 0.3 is 0 Å². The van der Waals surface area contributed by atoms with Crippen molar-refractivity contribution in [2.75, 3.05) is 12.0 Å². The van der Waals surface area contributed by atoms with Crippen LogP contribution >= 0.6 is 0 Å². The Balaban J connectivity index is 1.89. The molecule has 0 aromatic heterocycles. The number of phenols is 1. The number of rotatable bonds is 2. The molecule has 1 heterocycles. The second kappa shape index (κ2) is 5.07. The van der Waals surface area contributed by atoms with E-state index in [1.165, 1.54) is 31.2 Å². The van der Waals surface area contributed by atoms with Crippen LogP contribution in [0.3, 0.4) is 0 Å². The normalized spacial score (nSPS) is 32.4. The number of nitrogens with zero attached hydrogens (tertiary/aromatic N) is 3. The van der Waals surface area contributed by atoms with Gasteiger partial charge < -0.3 is 10.4 Å². The molecule has 1 saturated carbocycles. The average Bonchev–Trinajstić information content (AvgIpc) is 2.54. The Bertz CT molecular complexity index is 650. The lowest BCUT2D eigenvalue weighted by atomic mass is 9.52. The summed E-state index contributed by atoms with van der Waals surface area (Å²) in [6, 6.07) is 4.32. The zero-order chi connectivity index (χ0) is 15.2. The van der Waals surface area contributed by atoms with Gasteiger partial charge in [-0.1, -0.05) is 18.9 Å². The molecule has 1 saturated heterocycles. The summed E-state index contributed by atoms with van der Waals surface area (Å²) < 4.78 is 0. The summed E-state index contributed by atoms with van der Waals surface area (Å²) in [6.45, 7) is 1.07. The molecule has 22 heavy (non-hydrogen) atoms. The van der Waals surface area contributed by atoms with E-state index in [4.69, 9.17) is 5.53 Å². The minimum absolute atomic E-state index is 0.162. The van der Waals surface area contributed by atoms with Crippen molar-refractivity contribution in [3.05, 3.63) is 33.7 Å².